The summed E-state index contributed by atoms with van der Waals surface area (Å²) in [6.45, 7) is 6.33. The molecule has 0 amide bonds. The molecule has 1 saturated carbocycles. The van der Waals surface area contributed by atoms with Gasteiger partial charge in [-0.2, -0.15) is 0 Å². The van der Waals surface area contributed by atoms with Crippen LogP contribution in [0.1, 0.15) is 46.5 Å². The lowest BCUT2D eigenvalue weighted by molar-refractivity contribution is -0.138. The zero-order valence-corrected chi connectivity index (χ0v) is 12.1. The predicted octanol–water partition coefficient (Wildman–Crippen LogP) is 2.40. The summed E-state index contributed by atoms with van der Waals surface area (Å²) in [5, 5.41) is 0. The fourth-order valence-corrected chi connectivity index (χ4v) is 3.00. The van der Waals surface area contributed by atoms with Crippen molar-refractivity contribution >= 4 is 18.0 Å². The Balaban J connectivity index is 2.63. The standard InChI is InChI=1S/C15H24O4/c1-10-4-6-14(11(2)8-19-9-16)15(18)13(10)7-5-12(3)17/h9-11,13-14H,4-8H2,1-3H3. The van der Waals surface area contributed by atoms with E-state index in [1.54, 1.807) is 6.92 Å². The van der Waals surface area contributed by atoms with Crippen LogP contribution in [0.2, 0.25) is 0 Å². The predicted molar refractivity (Wildman–Crippen MR) is 71.5 cm³/mol. The molecule has 4 unspecified atom stereocenters. The molecule has 1 aliphatic carbocycles. The monoisotopic (exact) mass is 268 g/mol. The molecule has 4 nitrogen and oxygen atoms in total. The van der Waals surface area contributed by atoms with Crippen LogP contribution in [-0.2, 0) is 19.1 Å². The summed E-state index contributed by atoms with van der Waals surface area (Å²) < 4.78 is 4.77. The number of Topliss-reactive ketones (excluding diaryl/α,β-unsaturated/α-hetero) is 2. The first-order chi connectivity index (χ1) is 8.97. The minimum absolute atomic E-state index is 0.0127. The minimum atomic E-state index is -0.0342. The maximum Gasteiger partial charge on any atom is 0.293 e. The Kier molecular flexibility index (Phi) is 6.19. The van der Waals surface area contributed by atoms with Crippen LogP contribution in [0.4, 0.5) is 0 Å². The number of rotatable bonds is 7. The molecule has 0 radical (unpaired) electrons. The van der Waals surface area contributed by atoms with Crippen molar-refractivity contribution in [1.82, 2.24) is 0 Å². The van der Waals surface area contributed by atoms with E-state index in [-0.39, 0.29) is 29.3 Å². The van der Waals surface area contributed by atoms with Crippen LogP contribution >= 0.6 is 0 Å². The number of ether oxygens (including phenoxy) is 1. The molecule has 0 N–H and O–H groups in total. The van der Waals surface area contributed by atoms with E-state index in [2.05, 4.69) is 6.92 Å². The van der Waals surface area contributed by atoms with Crippen LogP contribution in [0.3, 0.4) is 0 Å². The van der Waals surface area contributed by atoms with Crippen molar-refractivity contribution in [3.05, 3.63) is 0 Å². The van der Waals surface area contributed by atoms with Gasteiger partial charge in [0.1, 0.15) is 11.6 Å². The van der Waals surface area contributed by atoms with Gasteiger partial charge in [0.25, 0.3) is 6.47 Å². The summed E-state index contributed by atoms with van der Waals surface area (Å²) >= 11 is 0. The van der Waals surface area contributed by atoms with Crippen molar-refractivity contribution < 1.29 is 19.1 Å². The molecule has 4 heteroatoms. The molecular formula is C15H24O4. The van der Waals surface area contributed by atoms with Crippen molar-refractivity contribution in [3.8, 4) is 0 Å². The van der Waals surface area contributed by atoms with Crippen molar-refractivity contribution in [2.45, 2.75) is 46.5 Å². The lowest BCUT2D eigenvalue weighted by atomic mass is 9.68. The van der Waals surface area contributed by atoms with Crippen molar-refractivity contribution in [2.24, 2.45) is 23.7 Å². The second-order valence-corrected chi connectivity index (χ2v) is 5.82. The lowest BCUT2D eigenvalue weighted by Crippen LogP contribution is -2.38. The molecule has 19 heavy (non-hydrogen) atoms. The van der Waals surface area contributed by atoms with E-state index in [9.17, 15) is 14.4 Å². The molecule has 1 rings (SSSR count). The smallest absolute Gasteiger partial charge is 0.293 e. The summed E-state index contributed by atoms with van der Waals surface area (Å²) in [6.07, 6.45) is 3.00. The Hall–Kier alpha value is -1.19. The first-order valence-corrected chi connectivity index (χ1v) is 7.05. The second-order valence-electron chi connectivity index (χ2n) is 5.82. The maximum absolute atomic E-state index is 12.5. The van der Waals surface area contributed by atoms with Crippen LogP contribution in [0.15, 0.2) is 0 Å². The number of hydrogen-bond acceptors (Lipinski definition) is 4. The topological polar surface area (TPSA) is 60.4 Å². The zero-order valence-electron chi connectivity index (χ0n) is 12.1. The molecule has 0 aromatic heterocycles. The Morgan fingerprint density at radius 2 is 2.16 bits per heavy atom. The van der Waals surface area contributed by atoms with Crippen LogP contribution in [0.25, 0.3) is 0 Å². The summed E-state index contributed by atoms with van der Waals surface area (Å²) in [4.78, 5) is 33.8. The van der Waals surface area contributed by atoms with E-state index in [0.29, 0.717) is 31.8 Å². The molecule has 1 aliphatic rings. The van der Waals surface area contributed by atoms with E-state index >= 15 is 0 Å². The molecular weight excluding hydrogens is 244 g/mol. The fourth-order valence-electron chi connectivity index (χ4n) is 3.00. The van der Waals surface area contributed by atoms with E-state index < -0.39 is 0 Å². The Morgan fingerprint density at radius 3 is 2.74 bits per heavy atom. The van der Waals surface area contributed by atoms with Gasteiger partial charge >= 0.3 is 0 Å². The highest BCUT2D eigenvalue weighted by Crippen LogP contribution is 2.37. The van der Waals surface area contributed by atoms with Crippen LogP contribution < -0.4 is 0 Å². The Labute approximate surface area is 114 Å². The van der Waals surface area contributed by atoms with Gasteiger partial charge in [-0.05, 0) is 38.0 Å². The van der Waals surface area contributed by atoms with E-state index in [4.69, 9.17) is 4.74 Å². The third kappa shape index (κ3) is 4.44. The minimum Gasteiger partial charge on any atom is -0.468 e. The molecule has 0 saturated heterocycles. The van der Waals surface area contributed by atoms with Gasteiger partial charge in [0, 0.05) is 18.3 Å². The first kappa shape index (κ1) is 15.9. The van der Waals surface area contributed by atoms with Gasteiger partial charge in [-0.3, -0.25) is 9.59 Å². The molecule has 4 atom stereocenters. The molecule has 0 heterocycles. The van der Waals surface area contributed by atoms with E-state index in [1.807, 2.05) is 6.92 Å². The maximum atomic E-state index is 12.5. The fraction of sp³-hybridized carbons (Fsp3) is 0.800. The third-order valence-electron chi connectivity index (χ3n) is 4.27. The second kappa shape index (κ2) is 7.41. The normalized spacial score (nSPS) is 28.8. The number of carbonyl (C=O) groups excluding carboxylic acids is 3. The molecule has 0 aliphatic heterocycles. The van der Waals surface area contributed by atoms with Crippen molar-refractivity contribution in [1.29, 1.82) is 0 Å². The van der Waals surface area contributed by atoms with Gasteiger partial charge in [-0.15, -0.1) is 0 Å². The van der Waals surface area contributed by atoms with Crippen molar-refractivity contribution in [2.75, 3.05) is 6.61 Å². The molecule has 0 aromatic carbocycles. The molecule has 0 aromatic rings. The van der Waals surface area contributed by atoms with Gasteiger partial charge in [0.05, 0.1) is 6.61 Å². The highest BCUT2D eigenvalue weighted by molar-refractivity contribution is 5.85. The van der Waals surface area contributed by atoms with Gasteiger partial charge in [0.15, 0.2) is 0 Å². The molecule has 0 bridgehead atoms. The van der Waals surface area contributed by atoms with E-state index in [1.165, 1.54) is 0 Å². The van der Waals surface area contributed by atoms with Crippen molar-refractivity contribution in [3.63, 3.8) is 0 Å². The number of hydrogen-bond donors (Lipinski definition) is 0. The summed E-state index contributed by atoms with van der Waals surface area (Å²) in [5.74, 6) is 0.753. The molecule has 0 spiro atoms. The lowest BCUT2D eigenvalue weighted by Gasteiger charge is -2.35. The average molecular weight is 268 g/mol. The highest BCUT2D eigenvalue weighted by Gasteiger charge is 2.38. The van der Waals surface area contributed by atoms with Gasteiger partial charge in [0.2, 0.25) is 0 Å². The number of carbonyl (C=O) groups is 3. The first-order valence-electron chi connectivity index (χ1n) is 7.05. The van der Waals surface area contributed by atoms with E-state index in [0.717, 1.165) is 12.8 Å². The highest BCUT2D eigenvalue weighted by atomic mass is 16.5. The van der Waals surface area contributed by atoms with Crippen LogP contribution in [0.5, 0.6) is 0 Å². The SMILES string of the molecule is CC(=O)CCC1C(=O)C(C(C)COC=O)CCC1C. The third-order valence-corrected chi connectivity index (χ3v) is 4.27. The quantitative estimate of drug-likeness (QED) is 0.665. The van der Waals surface area contributed by atoms with Gasteiger partial charge in [-0.1, -0.05) is 13.8 Å². The van der Waals surface area contributed by atoms with Gasteiger partial charge in [-0.25, -0.2) is 0 Å². The summed E-state index contributed by atoms with van der Waals surface area (Å²) in [5.41, 5.74) is 0. The Bertz CT molecular complexity index is 337. The van der Waals surface area contributed by atoms with Gasteiger partial charge < -0.3 is 9.53 Å². The molecule has 1 fully saturated rings. The Morgan fingerprint density at radius 1 is 1.47 bits per heavy atom. The summed E-state index contributed by atoms with van der Waals surface area (Å²) in [6, 6.07) is 0. The van der Waals surface area contributed by atoms with Crippen LogP contribution in [0, 0.1) is 23.7 Å². The average Bonchev–Trinajstić information content (AvgIpc) is 2.35. The largest absolute Gasteiger partial charge is 0.468 e. The number of ketones is 2. The molecule has 108 valence electrons. The summed E-state index contributed by atoms with van der Waals surface area (Å²) in [7, 11) is 0. The van der Waals surface area contributed by atoms with Crippen LogP contribution in [-0.4, -0.2) is 24.6 Å². The zero-order chi connectivity index (χ0) is 14.4.